The van der Waals surface area contributed by atoms with E-state index in [0.29, 0.717) is 22.2 Å². The van der Waals surface area contributed by atoms with Gasteiger partial charge < -0.3 is 15.1 Å². The monoisotopic (exact) mass is 359 g/mol. The first kappa shape index (κ1) is 17.6. The van der Waals surface area contributed by atoms with Gasteiger partial charge in [0.2, 0.25) is 0 Å². The Morgan fingerprint density at radius 3 is 2.56 bits per heavy atom. The summed E-state index contributed by atoms with van der Waals surface area (Å²) in [4.78, 5) is 25.9. The van der Waals surface area contributed by atoms with E-state index >= 15 is 0 Å². The third-order valence-electron chi connectivity index (χ3n) is 4.33. The fourth-order valence-corrected chi connectivity index (χ4v) is 2.95. The van der Waals surface area contributed by atoms with Gasteiger partial charge in [0.05, 0.1) is 0 Å². The maximum Gasteiger partial charge on any atom is 0.274 e. The number of aryl methyl sites for hydroxylation is 2. The van der Waals surface area contributed by atoms with Gasteiger partial charge in [0.25, 0.3) is 5.91 Å². The largest absolute Gasteiger partial charge is 0.354 e. The summed E-state index contributed by atoms with van der Waals surface area (Å²) in [6.45, 7) is 7.47. The molecule has 0 spiro atoms. The highest BCUT2D eigenvalue weighted by Gasteiger charge is 2.18. The lowest BCUT2D eigenvalue weighted by molar-refractivity contribution is 0.102. The summed E-state index contributed by atoms with van der Waals surface area (Å²) < 4.78 is 0. The van der Waals surface area contributed by atoms with Gasteiger partial charge in [0.15, 0.2) is 0 Å². The maximum absolute atomic E-state index is 12.6. The van der Waals surface area contributed by atoms with Gasteiger partial charge in [0, 0.05) is 43.0 Å². The molecule has 1 aliphatic heterocycles. The fourth-order valence-electron chi connectivity index (χ4n) is 2.78. The van der Waals surface area contributed by atoms with Crippen molar-refractivity contribution in [3.63, 3.8) is 0 Å². The first-order chi connectivity index (χ1) is 11.9. The molecule has 1 aromatic heterocycles. The molecule has 1 saturated heterocycles. The number of benzene rings is 1. The quantitative estimate of drug-likeness (QED) is 0.913. The van der Waals surface area contributed by atoms with Crippen LogP contribution in [0.25, 0.3) is 0 Å². The second-order valence-corrected chi connectivity index (χ2v) is 6.80. The molecule has 132 valence electrons. The van der Waals surface area contributed by atoms with Gasteiger partial charge in [0.1, 0.15) is 17.3 Å². The minimum absolute atomic E-state index is 0.258. The van der Waals surface area contributed by atoms with Crippen molar-refractivity contribution >= 4 is 29.0 Å². The minimum atomic E-state index is -0.258. The van der Waals surface area contributed by atoms with Crippen LogP contribution < -0.4 is 10.2 Å². The van der Waals surface area contributed by atoms with Crippen LogP contribution >= 0.6 is 11.6 Å². The van der Waals surface area contributed by atoms with Crippen molar-refractivity contribution in [3.8, 4) is 0 Å². The molecule has 2 aromatic rings. The number of carbonyl (C=O) groups excluding carboxylic acids is 1. The van der Waals surface area contributed by atoms with E-state index < -0.39 is 0 Å². The average molecular weight is 360 g/mol. The molecule has 0 unspecified atom stereocenters. The van der Waals surface area contributed by atoms with Gasteiger partial charge in [-0.05, 0) is 38.6 Å². The van der Waals surface area contributed by atoms with Gasteiger partial charge in [-0.2, -0.15) is 0 Å². The lowest BCUT2D eigenvalue weighted by Gasteiger charge is -2.33. The first-order valence-corrected chi connectivity index (χ1v) is 8.67. The van der Waals surface area contributed by atoms with Crippen LogP contribution in [0.3, 0.4) is 0 Å². The molecule has 6 nitrogen and oxygen atoms in total. The topological polar surface area (TPSA) is 61.4 Å². The number of amides is 1. The zero-order valence-electron chi connectivity index (χ0n) is 14.7. The van der Waals surface area contributed by atoms with Crippen LogP contribution in [0.5, 0.6) is 0 Å². The maximum atomic E-state index is 12.6. The second kappa shape index (κ2) is 7.37. The van der Waals surface area contributed by atoms with Crippen molar-refractivity contribution in [2.24, 2.45) is 0 Å². The zero-order valence-corrected chi connectivity index (χ0v) is 15.5. The van der Waals surface area contributed by atoms with Crippen molar-refractivity contribution in [3.05, 3.63) is 46.4 Å². The summed E-state index contributed by atoms with van der Waals surface area (Å²) in [7, 11) is 2.11. The van der Waals surface area contributed by atoms with E-state index in [-0.39, 0.29) is 5.91 Å². The Labute approximate surface area is 152 Å². The number of carbonyl (C=O) groups is 1. The molecular weight excluding hydrogens is 338 g/mol. The summed E-state index contributed by atoms with van der Waals surface area (Å²) >= 11 is 6.02. The third kappa shape index (κ3) is 4.27. The van der Waals surface area contributed by atoms with Crippen LogP contribution in [0.1, 0.15) is 21.9 Å². The van der Waals surface area contributed by atoms with Crippen molar-refractivity contribution < 1.29 is 4.79 Å². The van der Waals surface area contributed by atoms with E-state index in [0.717, 1.165) is 37.6 Å². The number of piperazine rings is 1. The highest BCUT2D eigenvalue weighted by molar-refractivity contribution is 6.31. The van der Waals surface area contributed by atoms with Crippen LogP contribution in [0.15, 0.2) is 24.3 Å². The van der Waals surface area contributed by atoms with E-state index in [1.54, 1.807) is 25.1 Å². The van der Waals surface area contributed by atoms with Crippen molar-refractivity contribution in [1.29, 1.82) is 0 Å². The Balaban J connectivity index is 1.82. The number of nitrogens with zero attached hydrogens (tertiary/aromatic N) is 4. The van der Waals surface area contributed by atoms with E-state index in [2.05, 4.69) is 32.1 Å². The van der Waals surface area contributed by atoms with Crippen LogP contribution in [0, 0.1) is 13.8 Å². The molecule has 1 amide bonds. The number of nitrogens with one attached hydrogen (secondary N) is 1. The highest BCUT2D eigenvalue weighted by atomic mass is 35.5. The molecule has 2 heterocycles. The normalized spacial score (nSPS) is 15.3. The predicted octanol–water partition coefficient (Wildman–Crippen LogP) is 2.75. The highest BCUT2D eigenvalue weighted by Crippen LogP contribution is 2.21. The summed E-state index contributed by atoms with van der Waals surface area (Å²) in [6, 6.07) is 7.17. The molecule has 1 fully saturated rings. The summed E-state index contributed by atoms with van der Waals surface area (Å²) in [5.41, 5.74) is 2.00. The standard InChI is InChI=1S/C18H22ClN5O/c1-12-4-5-14(19)10-15(12)22-18(25)16-11-17(21-13(2)20-16)24-8-6-23(3)7-9-24/h4-5,10-11H,6-9H2,1-3H3,(H,22,25). The van der Waals surface area contributed by atoms with E-state index in [9.17, 15) is 4.79 Å². The molecule has 0 atom stereocenters. The van der Waals surface area contributed by atoms with Crippen LogP contribution in [0.2, 0.25) is 5.02 Å². The molecule has 1 N–H and O–H groups in total. The van der Waals surface area contributed by atoms with Crippen molar-refractivity contribution in [2.75, 3.05) is 43.4 Å². The smallest absolute Gasteiger partial charge is 0.274 e. The fraction of sp³-hybridized carbons (Fsp3) is 0.389. The molecule has 0 radical (unpaired) electrons. The number of rotatable bonds is 3. The van der Waals surface area contributed by atoms with Gasteiger partial charge in [-0.15, -0.1) is 0 Å². The number of hydrogen-bond donors (Lipinski definition) is 1. The molecular formula is C18H22ClN5O. The number of anilines is 2. The van der Waals surface area contributed by atoms with Crippen molar-refractivity contribution in [1.82, 2.24) is 14.9 Å². The first-order valence-electron chi connectivity index (χ1n) is 8.29. The SMILES string of the molecule is Cc1nc(C(=O)Nc2cc(Cl)ccc2C)cc(N2CCN(C)CC2)n1. The molecule has 7 heteroatoms. The lowest BCUT2D eigenvalue weighted by atomic mass is 10.2. The van der Waals surface area contributed by atoms with E-state index in [1.165, 1.54) is 0 Å². The summed E-state index contributed by atoms with van der Waals surface area (Å²) in [5.74, 6) is 1.13. The molecule has 0 bridgehead atoms. The molecule has 1 aliphatic rings. The Morgan fingerprint density at radius 2 is 1.84 bits per heavy atom. The van der Waals surface area contributed by atoms with Gasteiger partial charge in [-0.3, -0.25) is 4.79 Å². The average Bonchev–Trinajstić information content (AvgIpc) is 2.58. The number of hydrogen-bond acceptors (Lipinski definition) is 5. The zero-order chi connectivity index (χ0) is 18.0. The predicted molar refractivity (Wildman–Crippen MR) is 101 cm³/mol. The van der Waals surface area contributed by atoms with Gasteiger partial charge >= 0.3 is 0 Å². The minimum Gasteiger partial charge on any atom is -0.354 e. The Bertz CT molecular complexity index is 787. The Kier molecular flexibility index (Phi) is 5.20. The molecule has 3 rings (SSSR count). The van der Waals surface area contributed by atoms with E-state index in [4.69, 9.17) is 11.6 Å². The third-order valence-corrected chi connectivity index (χ3v) is 4.57. The van der Waals surface area contributed by atoms with Gasteiger partial charge in [-0.1, -0.05) is 17.7 Å². The Hall–Kier alpha value is -2.18. The van der Waals surface area contributed by atoms with Crippen LogP contribution in [0.4, 0.5) is 11.5 Å². The molecule has 0 saturated carbocycles. The number of aromatic nitrogens is 2. The summed E-state index contributed by atoms with van der Waals surface area (Å²) in [6.07, 6.45) is 0. The number of halogens is 1. The van der Waals surface area contributed by atoms with Crippen LogP contribution in [-0.2, 0) is 0 Å². The Morgan fingerprint density at radius 1 is 1.12 bits per heavy atom. The number of likely N-dealkylation sites (N-methyl/N-ethyl adjacent to an activating group) is 1. The van der Waals surface area contributed by atoms with Crippen molar-refractivity contribution in [2.45, 2.75) is 13.8 Å². The second-order valence-electron chi connectivity index (χ2n) is 6.36. The molecule has 25 heavy (non-hydrogen) atoms. The molecule has 0 aliphatic carbocycles. The van der Waals surface area contributed by atoms with E-state index in [1.807, 2.05) is 13.0 Å². The lowest BCUT2D eigenvalue weighted by Crippen LogP contribution is -2.45. The summed E-state index contributed by atoms with van der Waals surface area (Å²) in [5, 5.41) is 3.47. The van der Waals surface area contributed by atoms with Crippen LogP contribution in [-0.4, -0.2) is 54.0 Å². The molecule has 1 aromatic carbocycles. The van der Waals surface area contributed by atoms with Gasteiger partial charge in [-0.25, -0.2) is 9.97 Å².